The first-order valence-electron chi connectivity index (χ1n) is 5.07. The Labute approximate surface area is 87.6 Å². The molecule has 0 heterocycles. The zero-order valence-corrected chi connectivity index (χ0v) is 9.82. The Kier molecular flexibility index (Phi) is 8.58. The number of hydrogen-bond donors (Lipinski definition) is 1. The lowest BCUT2D eigenvalue weighted by atomic mass is 10.1. The molecule has 0 aliphatic carbocycles. The third-order valence-corrected chi connectivity index (χ3v) is 2.50. The van der Waals surface area contributed by atoms with Crippen molar-refractivity contribution in [2.24, 2.45) is 5.92 Å². The summed E-state index contributed by atoms with van der Waals surface area (Å²) in [6, 6.07) is 0. The van der Waals surface area contributed by atoms with Crippen LogP contribution >= 0.6 is 11.6 Å². The molecule has 0 aromatic rings. The van der Waals surface area contributed by atoms with Gasteiger partial charge in [0.05, 0.1) is 0 Å². The maximum absolute atomic E-state index is 5.70. The number of hydrogen-bond acceptors (Lipinski definition) is 1. The molecule has 0 fully saturated rings. The van der Waals surface area contributed by atoms with E-state index in [0.717, 1.165) is 19.0 Å². The first-order valence-corrected chi connectivity index (χ1v) is 5.60. The number of nitrogens with one attached hydrogen (secondary N) is 1. The normalized spacial score (nSPS) is 12.6. The molecule has 2 heteroatoms. The molecule has 0 aromatic heterocycles. The number of allylic oxidation sites excluding steroid dienone is 1. The van der Waals surface area contributed by atoms with Crippen LogP contribution < -0.4 is 5.32 Å². The van der Waals surface area contributed by atoms with E-state index in [0.29, 0.717) is 5.92 Å². The minimum Gasteiger partial charge on any atom is -0.313 e. The van der Waals surface area contributed by atoms with E-state index >= 15 is 0 Å². The Bertz CT molecular complexity index is 139. The van der Waals surface area contributed by atoms with Gasteiger partial charge in [-0.25, -0.2) is 0 Å². The summed E-state index contributed by atoms with van der Waals surface area (Å²) in [5.74, 6) is 1.44. The number of rotatable bonds is 7. The van der Waals surface area contributed by atoms with Crippen LogP contribution in [0.25, 0.3) is 0 Å². The summed E-state index contributed by atoms with van der Waals surface area (Å²) in [5.41, 5.74) is 1.38. The van der Waals surface area contributed by atoms with Crippen molar-refractivity contribution >= 4 is 11.6 Å². The molecule has 1 unspecified atom stereocenters. The summed E-state index contributed by atoms with van der Waals surface area (Å²) in [6.45, 7) is 8.54. The Morgan fingerprint density at radius 3 is 2.69 bits per heavy atom. The van der Waals surface area contributed by atoms with Gasteiger partial charge in [0.25, 0.3) is 0 Å². The summed E-state index contributed by atoms with van der Waals surface area (Å²) in [6.07, 6.45) is 4.67. The molecule has 0 aliphatic rings. The predicted molar refractivity (Wildman–Crippen MR) is 61.4 cm³/mol. The van der Waals surface area contributed by atoms with Gasteiger partial charge in [0.1, 0.15) is 0 Å². The van der Waals surface area contributed by atoms with Crippen molar-refractivity contribution in [1.82, 2.24) is 5.32 Å². The Morgan fingerprint density at radius 2 is 2.15 bits per heavy atom. The Hall–Kier alpha value is -0.0100. The highest BCUT2D eigenvalue weighted by atomic mass is 35.5. The van der Waals surface area contributed by atoms with Crippen molar-refractivity contribution in [2.45, 2.75) is 33.6 Å². The molecule has 13 heavy (non-hydrogen) atoms. The van der Waals surface area contributed by atoms with Crippen LogP contribution in [-0.2, 0) is 0 Å². The van der Waals surface area contributed by atoms with Crippen molar-refractivity contribution in [3.8, 4) is 0 Å². The van der Waals surface area contributed by atoms with Gasteiger partial charge in [0, 0.05) is 12.4 Å². The molecule has 0 aromatic carbocycles. The van der Waals surface area contributed by atoms with Gasteiger partial charge >= 0.3 is 0 Å². The first kappa shape index (κ1) is 13.0. The SMILES string of the molecule is CC(C)=CCNCCCC(C)CCl. The monoisotopic (exact) mass is 203 g/mol. The fraction of sp³-hybridized carbons (Fsp3) is 0.818. The lowest BCUT2D eigenvalue weighted by Gasteiger charge is -2.06. The van der Waals surface area contributed by atoms with Gasteiger partial charge in [-0.15, -0.1) is 11.6 Å². The van der Waals surface area contributed by atoms with Crippen molar-refractivity contribution < 1.29 is 0 Å². The molecule has 0 radical (unpaired) electrons. The minimum absolute atomic E-state index is 0.659. The van der Waals surface area contributed by atoms with E-state index < -0.39 is 0 Å². The Morgan fingerprint density at radius 1 is 1.46 bits per heavy atom. The topological polar surface area (TPSA) is 12.0 Å². The zero-order valence-electron chi connectivity index (χ0n) is 9.07. The summed E-state index contributed by atoms with van der Waals surface area (Å²) < 4.78 is 0. The summed E-state index contributed by atoms with van der Waals surface area (Å²) in [7, 11) is 0. The van der Waals surface area contributed by atoms with Crippen LogP contribution in [0.2, 0.25) is 0 Å². The largest absolute Gasteiger partial charge is 0.313 e. The van der Waals surface area contributed by atoms with Crippen LogP contribution in [0.5, 0.6) is 0 Å². The highest BCUT2D eigenvalue weighted by Gasteiger charge is 1.97. The Balaban J connectivity index is 3.13. The maximum Gasteiger partial charge on any atom is 0.0249 e. The van der Waals surface area contributed by atoms with E-state index in [2.05, 4.69) is 32.2 Å². The summed E-state index contributed by atoms with van der Waals surface area (Å²) in [5, 5.41) is 3.38. The second kappa shape index (κ2) is 8.58. The predicted octanol–water partition coefficient (Wildman–Crippen LogP) is 3.20. The number of alkyl halides is 1. The summed E-state index contributed by atoms with van der Waals surface area (Å²) >= 11 is 5.70. The van der Waals surface area contributed by atoms with Gasteiger partial charge in [-0.2, -0.15) is 0 Å². The second-order valence-corrected chi connectivity index (χ2v) is 4.20. The summed E-state index contributed by atoms with van der Waals surface area (Å²) in [4.78, 5) is 0. The van der Waals surface area contributed by atoms with Gasteiger partial charge in [-0.1, -0.05) is 18.6 Å². The zero-order chi connectivity index (χ0) is 10.1. The second-order valence-electron chi connectivity index (χ2n) is 3.89. The van der Waals surface area contributed by atoms with E-state index in [1.54, 1.807) is 0 Å². The molecule has 78 valence electrons. The van der Waals surface area contributed by atoms with Crippen molar-refractivity contribution in [1.29, 1.82) is 0 Å². The van der Waals surface area contributed by atoms with Gasteiger partial charge in [0.2, 0.25) is 0 Å². The number of halogens is 1. The van der Waals surface area contributed by atoms with Crippen LogP contribution in [0.15, 0.2) is 11.6 Å². The smallest absolute Gasteiger partial charge is 0.0249 e. The standard InChI is InChI=1S/C11H22ClN/c1-10(2)6-8-13-7-4-5-11(3)9-12/h6,11,13H,4-5,7-9H2,1-3H3. The average molecular weight is 204 g/mol. The van der Waals surface area contributed by atoms with E-state index in [1.165, 1.54) is 18.4 Å². The maximum atomic E-state index is 5.70. The lowest BCUT2D eigenvalue weighted by Crippen LogP contribution is -2.16. The third-order valence-electron chi connectivity index (χ3n) is 1.97. The molecule has 0 bridgehead atoms. The molecule has 0 amide bonds. The van der Waals surface area contributed by atoms with E-state index in [4.69, 9.17) is 11.6 Å². The first-order chi connectivity index (χ1) is 6.16. The fourth-order valence-electron chi connectivity index (χ4n) is 1.03. The van der Waals surface area contributed by atoms with Gasteiger partial charge in [-0.3, -0.25) is 0 Å². The molecule has 1 N–H and O–H groups in total. The van der Waals surface area contributed by atoms with Crippen LogP contribution in [0, 0.1) is 5.92 Å². The van der Waals surface area contributed by atoms with Crippen molar-refractivity contribution in [2.75, 3.05) is 19.0 Å². The van der Waals surface area contributed by atoms with E-state index in [-0.39, 0.29) is 0 Å². The molecular weight excluding hydrogens is 182 g/mol. The third kappa shape index (κ3) is 9.91. The minimum atomic E-state index is 0.659. The van der Waals surface area contributed by atoms with Crippen LogP contribution in [0.4, 0.5) is 0 Å². The molecule has 1 atom stereocenters. The van der Waals surface area contributed by atoms with Crippen molar-refractivity contribution in [3.05, 3.63) is 11.6 Å². The fourth-order valence-corrected chi connectivity index (χ4v) is 1.19. The van der Waals surface area contributed by atoms with Gasteiger partial charge in [0.15, 0.2) is 0 Å². The molecule has 0 rings (SSSR count). The van der Waals surface area contributed by atoms with Crippen molar-refractivity contribution in [3.63, 3.8) is 0 Å². The van der Waals surface area contributed by atoms with Crippen LogP contribution in [0.3, 0.4) is 0 Å². The molecule has 1 nitrogen and oxygen atoms in total. The van der Waals surface area contributed by atoms with Gasteiger partial charge < -0.3 is 5.32 Å². The lowest BCUT2D eigenvalue weighted by molar-refractivity contribution is 0.541. The van der Waals surface area contributed by atoms with Crippen LogP contribution in [-0.4, -0.2) is 19.0 Å². The molecule has 0 spiro atoms. The van der Waals surface area contributed by atoms with E-state index in [1.807, 2.05) is 0 Å². The van der Waals surface area contributed by atoms with E-state index in [9.17, 15) is 0 Å². The highest BCUT2D eigenvalue weighted by Crippen LogP contribution is 2.05. The molecule has 0 aliphatic heterocycles. The van der Waals surface area contributed by atoms with Crippen LogP contribution in [0.1, 0.15) is 33.6 Å². The molecular formula is C11H22ClN. The molecule has 0 saturated carbocycles. The van der Waals surface area contributed by atoms with Gasteiger partial charge in [-0.05, 0) is 39.2 Å². The highest BCUT2D eigenvalue weighted by molar-refractivity contribution is 6.18. The molecule has 0 saturated heterocycles. The average Bonchev–Trinajstić information content (AvgIpc) is 2.10. The quantitative estimate of drug-likeness (QED) is 0.381.